The van der Waals surface area contributed by atoms with Gasteiger partial charge < -0.3 is 18.9 Å². The lowest BCUT2D eigenvalue weighted by Crippen LogP contribution is -2.25. The van der Waals surface area contributed by atoms with Crippen LogP contribution in [0.4, 0.5) is 0 Å². The Hall–Kier alpha value is -4.30. The van der Waals surface area contributed by atoms with E-state index >= 15 is 0 Å². The van der Waals surface area contributed by atoms with Crippen molar-refractivity contribution < 1.29 is 38.1 Å². The molecule has 0 N–H and O–H groups in total. The van der Waals surface area contributed by atoms with Crippen molar-refractivity contribution in [3.05, 3.63) is 107 Å². The molecule has 0 aliphatic carbocycles. The summed E-state index contributed by atoms with van der Waals surface area (Å²) < 4.78 is 21.3. The molecule has 0 saturated heterocycles. The molecule has 3 rings (SSSR count). The molecule has 0 radical (unpaired) electrons. The van der Waals surface area contributed by atoms with Gasteiger partial charge >= 0.3 is 17.9 Å². The van der Waals surface area contributed by atoms with Crippen molar-refractivity contribution in [2.75, 3.05) is 19.8 Å². The Morgan fingerprint density at radius 2 is 1.08 bits per heavy atom. The summed E-state index contributed by atoms with van der Waals surface area (Å²) in [4.78, 5) is 49.6. The summed E-state index contributed by atoms with van der Waals surface area (Å²) >= 11 is 0. The van der Waals surface area contributed by atoms with Gasteiger partial charge in [-0.15, -0.1) is 0 Å². The van der Waals surface area contributed by atoms with Crippen LogP contribution in [0.3, 0.4) is 0 Å². The van der Waals surface area contributed by atoms with E-state index in [1.165, 1.54) is 12.1 Å². The highest BCUT2D eigenvalue weighted by Crippen LogP contribution is 2.13. The van der Waals surface area contributed by atoms with E-state index < -0.39 is 35.9 Å². The van der Waals surface area contributed by atoms with Crippen LogP contribution < -0.4 is 0 Å². The molecule has 0 aromatic heterocycles. The maximum atomic E-state index is 12.8. The monoisotopic (exact) mass is 504 g/mol. The number of ether oxygens (including phenoxy) is 4. The number of carbonyl (C=O) groups is 4. The number of carbonyl (C=O) groups excluding carboxylic acids is 4. The molecule has 0 amide bonds. The molecule has 8 heteroatoms. The molecule has 3 aromatic rings. The fourth-order valence-corrected chi connectivity index (χ4v) is 3.23. The highest BCUT2D eigenvalue weighted by molar-refractivity contribution is 6.06. The first-order valence-electron chi connectivity index (χ1n) is 11.7. The van der Waals surface area contributed by atoms with E-state index in [2.05, 4.69) is 0 Å². The van der Waals surface area contributed by atoms with Crippen LogP contribution in [0.25, 0.3) is 0 Å². The topological polar surface area (TPSA) is 105 Å². The maximum Gasteiger partial charge on any atom is 0.339 e. The first-order chi connectivity index (χ1) is 17.8. The van der Waals surface area contributed by atoms with Gasteiger partial charge in [-0.1, -0.05) is 54.6 Å². The Morgan fingerprint density at radius 1 is 0.595 bits per heavy atom. The number of ketones is 1. The molecular formula is C29H28O8. The Morgan fingerprint density at radius 3 is 1.70 bits per heavy atom. The van der Waals surface area contributed by atoms with Gasteiger partial charge in [-0.25, -0.2) is 14.4 Å². The Balaban J connectivity index is 1.48. The summed E-state index contributed by atoms with van der Waals surface area (Å²) in [7, 11) is 0. The molecule has 37 heavy (non-hydrogen) atoms. The number of benzene rings is 3. The van der Waals surface area contributed by atoms with Gasteiger partial charge in [0.2, 0.25) is 0 Å². The van der Waals surface area contributed by atoms with Crippen molar-refractivity contribution in [3.8, 4) is 0 Å². The average Bonchev–Trinajstić information content (AvgIpc) is 2.94. The van der Waals surface area contributed by atoms with Gasteiger partial charge in [0.15, 0.2) is 5.78 Å². The summed E-state index contributed by atoms with van der Waals surface area (Å²) in [6.45, 7) is 2.73. The third-order valence-corrected chi connectivity index (χ3v) is 5.17. The second-order valence-corrected chi connectivity index (χ2v) is 8.24. The van der Waals surface area contributed by atoms with Crippen molar-refractivity contribution in [1.82, 2.24) is 0 Å². The minimum Gasteiger partial charge on any atom is -0.459 e. The van der Waals surface area contributed by atoms with Gasteiger partial charge in [0.1, 0.15) is 25.9 Å². The van der Waals surface area contributed by atoms with E-state index in [4.69, 9.17) is 18.9 Å². The Bertz CT molecular complexity index is 1210. The molecule has 0 bridgehead atoms. The molecule has 3 aromatic carbocycles. The molecule has 0 saturated carbocycles. The second kappa shape index (κ2) is 13.7. The fraction of sp³-hybridized carbons (Fsp3) is 0.241. The van der Waals surface area contributed by atoms with Crippen LogP contribution in [0.1, 0.15) is 55.3 Å². The van der Waals surface area contributed by atoms with Gasteiger partial charge in [0.05, 0.1) is 22.8 Å². The molecule has 0 spiro atoms. The zero-order chi connectivity index (χ0) is 26.6. The second-order valence-electron chi connectivity index (χ2n) is 8.24. The van der Waals surface area contributed by atoms with Crippen LogP contribution in [0.2, 0.25) is 0 Å². The maximum absolute atomic E-state index is 12.8. The number of rotatable bonds is 12. The molecule has 0 heterocycles. The van der Waals surface area contributed by atoms with E-state index in [-0.39, 0.29) is 30.9 Å². The van der Waals surface area contributed by atoms with Crippen molar-refractivity contribution in [1.29, 1.82) is 0 Å². The first-order valence-corrected chi connectivity index (χ1v) is 11.7. The Kier molecular flexibility index (Phi) is 10.1. The largest absolute Gasteiger partial charge is 0.459 e. The number of hydrogen-bond acceptors (Lipinski definition) is 8. The molecule has 0 aliphatic rings. The van der Waals surface area contributed by atoms with Crippen LogP contribution in [0, 0.1) is 0 Å². The third-order valence-electron chi connectivity index (χ3n) is 5.17. The molecule has 2 atom stereocenters. The highest BCUT2D eigenvalue weighted by Gasteiger charge is 2.21. The van der Waals surface area contributed by atoms with Crippen molar-refractivity contribution >= 4 is 23.7 Å². The third kappa shape index (κ3) is 8.40. The predicted molar refractivity (Wildman–Crippen MR) is 135 cm³/mol. The van der Waals surface area contributed by atoms with Gasteiger partial charge in [0.25, 0.3) is 0 Å². The fourth-order valence-electron chi connectivity index (χ4n) is 3.23. The molecule has 0 aliphatic heterocycles. The molecular weight excluding hydrogens is 476 g/mol. The SMILES string of the molecule is CC(COC(=O)c1ccccc1)OCC(=O)c1ccccc1C(=O)OCC(C)OC(=O)c1ccccc1. The summed E-state index contributed by atoms with van der Waals surface area (Å²) in [6.07, 6.45) is -1.24. The van der Waals surface area contributed by atoms with Gasteiger partial charge in [-0.2, -0.15) is 0 Å². The minimum absolute atomic E-state index is 0.0374. The summed E-state index contributed by atoms with van der Waals surface area (Å²) in [5.41, 5.74) is 1.01. The van der Waals surface area contributed by atoms with Crippen molar-refractivity contribution in [3.63, 3.8) is 0 Å². The van der Waals surface area contributed by atoms with Crippen molar-refractivity contribution in [2.45, 2.75) is 26.1 Å². The van der Waals surface area contributed by atoms with Crippen LogP contribution in [-0.4, -0.2) is 55.7 Å². The zero-order valence-corrected chi connectivity index (χ0v) is 20.6. The van der Waals surface area contributed by atoms with Crippen LogP contribution in [0.5, 0.6) is 0 Å². The summed E-state index contributed by atoms with van der Waals surface area (Å²) in [5, 5.41) is 0. The van der Waals surface area contributed by atoms with Gasteiger partial charge in [-0.3, -0.25) is 4.79 Å². The lowest BCUT2D eigenvalue weighted by Gasteiger charge is -2.15. The number of esters is 3. The number of Topliss-reactive ketones (excluding diaryl/α,β-unsaturated/α-hetero) is 1. The van der Waals surface area contributed by atoms with Gasteiger partial charge in [0, 0.05) is 5.56 Å². The molecule has 2 unspecified atom stereocenters. The molecule has 8 nitrogen and oxygen atoms in total. The van der Waals surface area contributed by atoms with Gasteiger partial charge in [-0.05, 0) is 44.2 Å². The van der Waals surface area contributed by atoms with E-state index in [9.17, 15) is 19.2 Å². The van der Waals surface area contributed by atoms with Crippen molar-refractivity contribution in [2.24, 2.45) is 0 Å². The van der Waals surface area contributed by atoms with E-state index in [0.29, 0.717) is 11.1 Å². The lowest BCUT2D eigenvalue weighted by molar-refractivity contribution is 0.00257. The smallest absolute Gasteiger partial charge is 0.339 e. The normalized spacial score (nSPS) is 12.2. The zero-order valence-electron chi connectivity index (χ0n) is 20.6. The molecule has 0 fully saturated rings. The first kappa shape index (κ1) is 27.3. The summed E-state index contributed by atoms with van der Waals surface area (Å²) in [6, 6.07) is 23.2. The van der Waals surface area contributed by atoms with Crippen LogP contribution in [-0.2, 0) is 18.9 Å². The lowest BCUT2D eigenvalue weighted by atomic mass is 10.0. The Labute approximate surface area is 215 Å². The van der Waals surface area contributed by atoms with E-state index in [1.54, 1.807) is 86.6 Å². The number of hydrogen-bond donors (Lipinski definition) is 0. The van der Waals surface area contributed by atoms with Crippen LogP contribution >= 0.6 is 0 Å². The minimum atomic E-state index is -0.726. The van der Waals surface area contributed by atoms with E-state index in [0.717, 1.165) is 0 Å². The van der Waals surface area contributed by atoms with Crippen LogP contribution in [0.15, 0.2) is 84.9 Å². The molecule has 192 valence electrons. The predicted octanol–water partition coefficient (Wildman–Crippen LogP) is 4.53. The highest BCUT2D eigenvalue weighted by atomic mass is 16.6. The van der Waals surface area contributed by atoms with E-state index in [1.807, 2.05) is 0 Å². The quantitative estimate of drug-likeness (QED) is 0.201. The standard InChI is InChI=1S/C29H28O8/c1-20(17-35-27(31)22-11-5-3-6-12-22)34-19-26(30)24-15-9-10-16-25(24)29(33)36-18-21(2)37-28(32)23-13-7-4-8-14-23/h3-16,20-21H,17-19H2,1-2H3. The summed E-state index contributed by atoms with van der Waals surface area (Å²) in [5.74, 6) is -2.17. The average molecular weight is 505 g/mol.